The number of anilines is 1. The number of hydrogen-bond donors (Lipinski definition) is 2. The predicted molar refractivity (Wildman–Crippen MR) is 117 cm³/mol. The van der Waals surface area contributed by atoms with Crippen LogP contribution in [0, 0.1) is 0 Å². The van der Waals surface area contributed by atoms with Crippen LogP contribution in [0.25, 0.3) is 22.5 Å². The van der Waals surface area contributed by atoms with E-state index in [1.165, 1.54) is 29.2 Å². The number of carbonyl (C=O) groups is 1. The number of H-pyrrole nitrogens is 1. The van der Waals surface area contributed by atoms with Crippen LogP contribution in [0.4, 0.5) is 5.13 Å². The second kappa shape index (κ2) is 8.85. The first kappa shape index (κ1) is 19.1. The highest BCUT2D eigenvalue weighted by molar-refractivity contribution is 7.99. The zero-order valence-corrected chi connectivity index (χ0v) is 16.8. The summed E-state index contributed by atoms with van der Waals surface area (Å²) in [5.74, 6) is -0.0988. The van der Waals surface area contributed by atoms with Crippen molar-refractivity contribution in [2.75, 3.05) is 11.1 Å². The molecule has 0 saturated carbocycles. The number of amides is 1. The third-order valence-electron chi connectivity index (χ3n) is 3.95. The normalized spacial score (nSPS) is 10.6. The van der Waals surface area contributed by atoms with Crippen molar-refractivity contribution in [3.63, 3.8) is 0 Å². The zero-order chi connectivity index (χ0) is 20.1. The second-order valence-electron chi connectivity index (χ2n) is 6.04. The highest BCUT2D eigenvalue weighted by Crippen LogP contribution is 2.25. The van der Waals surface area contributed by atoms with Gasteiger partial charge in [-0.1, -0.05) is 72.4 Å². The number of hydrogen-bond acceptors (Lipinski definition) is 6. The average molecular weight is 421 g/mol. The fourth-order valence-corrected chi connectivity index (χ4v) is 4.03. The summed E-state index contributed by atoms with van der Waals surface area (Å²) in [5.41, 5.74) is 2.98. The molecule has 1 amide bonds. The van der Waals surface area contributed by atoms with Crippen LogP contribution < -0.4 is 10.9 Å². The number of thiazole rings is 1. The molecule has 4 rings (SSSR count). The third-order valence-corrected chi connectivity index (χ3v) is 5.58. The van der Waals surface area contributed by atoms with E-state index in [-0.39, 0.29) is 17.2 Å². The summed E-state index contributed by atoms with van der Waals surface area (Å²) in [5, 5.41) is 5.63. The molecule has 4 aromatic rings. The minimum Gasteiger partial charge on any atom is -0.301 e. The predicted octanol–water partition coefficient (Wildman–Crippen LogP) is 4.29. The van der Waals surface area contributed by atoms with Crippen molar-refractivity contribution >= 4 is 34.1 Å². The van der Waals surface area contributed by atoms with E-state index < -0.39 is 0 Å². The largest absolute Gasteiger partial charge is 0.301 e. The van der Waals surface area contributed by atoms with Gasteiger partial charge in [-0.15, -0.1) is 11.3 Å². The maximum Gasteiger partial charge on any atom is 0.252 e. The molecule has 2 N–H and O–H groups in total. The summed E-state index contributed by atoms with van der Waals surface area (Å²) >= 11 is 2.54. The van der Waals surface area contributed by atoms with E-state index in [9.17, 15) is 9.59 Å². The van der Waals surface area contributed by atoms with Gasteiger partial charge in [-0.05, 0) is 0 Å². The van der Waals surface area contributed by atoms with E-state index in [0.29, 0.717) is 16.0 Å². The fourth-order valence-electron chi connectivity index (χ4n) is 2.62. The zero-order valence-electron chi connectivity index (χ0n) is 15.2. The summed E-state index contributed by atoms with van der Waals surface area (Å²) < 4.78 is 0. The first-order valence-corrected chi connectivity index (χ1v) is 10.6. The molecule has 0 bridgehead atoms. The minimum atomic E-state index is -0.255. The lowest BCUT2D eigenvalue weighted by Gasteiger charge is -2.04. The van der Waals surface area contributed by atoms with E-state index in [1.54, 1.807) is 0 Å². The number of nitrogens with one attached hydrogen (secondary N) is 2. The molecule has 29 heavy (non-hydrogen) atoms. The van der Waals surface area contributed by atoms with Gasteiger partial charge in [0.2, 0.25) is 5.91 Å². The van der Waals surface area contributed by atoms with Crippen molar-refractivity contribution < 1.29 is 4.79 Å². The summed E-state index contributed by atoms with van der Waals surface area (Å²) in [4.78, 5) is 35.8. The van der Waals surface area contributed by atoms with Crippen LogP contribution in [0.3, 0.4) is 0 Å². The van der Waals surface area contributed by atoms with Gasteiger partial charge >= 0.3 is 0 Å². The minimum absolute atomic E-state index is 0.113. The molecule has 0 atom stereocenters. The van der Waals surface area contributed by atoms with Gasteiger partial charge in [0, 0.05) is 22.6 Å². The average Bonchev–Trinajstić information content (AvgIpc) is 3.22. The Kier molecular flexibility index (Phi) is 5.83. The summed E-state index contributed by atoms with van der Waals surface area (Å²) in [6, 6.07) is 20.7. The van der Waals surface area contributed by atoms with Crippen LogP contribution in [0.1, 0.15) is 0 Å². The molecule has 0 saturated heterocycles. The van der Waals surface area contributed by atoms with Crippen molar-refractivity contribution in [3.8, 4) is 22.5 Å². The van der Waals surface area contributed by atoms with Crippen LogP contribution in [0.15, 0.2) is 82.1 Å². The molecular weight excluding hydrogens is 404 g/mol. The number of carbonyl (C=O) groups excluding carboxylic acids is 1. The Morgan fingerprint density at radius 1 is 0.966 bits per heavy atom. The van der Waals surface area contributed by atoms with Crippen molar-refractivity contribution in [2.45, 2.75) is 5.16 Å². The van der Waals surface area contributed by atoms with Gasteiger partial charge in [0.1, 0.15) is 0 Å². The Hall–Kier alpha value is -3.23. The molecule has 0 aliphatic rings. The monoisotopic (exact) mass is 420 g/mol. The lowest BCUT2D eigenvalue weighted by molar-refractivity contribution is -0.113. The van der Waals surface area contributed by atoms with Gasteiger partial charge < -0.3 is 10.3 Å². The topological polar surface area (TPSA) is 87.7 Å². The van der Waals surface area contributed by atoms with Crippen LogP contribution >= 0.6 is 23.1 Å². The number of rotatable bonds is 6. The lowest BCUT2D eigenvalue weighted by atomic mass is 10.1. The number of nitrogens with zero attached hydrogens (tertiary/aromatic N) is 2. The summed E-state index contributed by atoms with van der Waals surface area (Å²) in [6.45, 7) is 0. The molecule has 0 unspecified atom stereocenters. The fraction of sp³-hybridized carbons (Fsp3) is 0.0476. The Morgan fingerprint density at radius 2 is 1.62 bits per heavy atom. The quantitative estimate of drug-likeness (QED) is 0.359. The van der Waals surface area contributed by atoms with Crippen LogP contribution in [0.5, 0.6) is 0 Å². The van der Waals surface area contributed by atoms with Gasteiger partial charge in [0.25, 0.3) is 5.56 Å². The van der Waals surface area contributed by atoms with Gasteiger partial charge in [0.15, 0.2) is 10.3 Å². The number of thioether (sulfide) groups is 1. The first-order chi connectivity index (χ1) is 14.2. The Balaban J connectivity index is 1.40. The smallest absolute Gasteiger partial charge is 0.252 e. The van der Waals surface area contributed by atoms with E-state index in [4.69, 9.17) is 0 Å². The third kappa shape index (κ3) is 4.98. The van der Waals surface area contributed by atoms with Crippen molar-refractivity contribution in [1.29, 1.82) is 0 Å². The molecule has 2 heterocycles. The molecule has 6 nitrogen and oxygen atoms in total. The summed E-state index contributed by atoms with van der Waals surface area (Å²) in [7, 11) is 0. The molecule has 144 valence electrons. The molecule has 2 aromatic carbocycles. The molecule has 0 radical (unpaired) electrons. The Morgan fingerprint density at radius 3 is 2.31 bits per heavy atom. The standard InChI is InChI=1S/C21H16N4O2S2/c26-18-11-16(14-7-3-1-4-8-14)22-20(24-18)29-13-19(27)25-21-23-17(12-28-21)15-9-5-2-6-10-15/h1-12H,13H2,(H,22,24,26)(H,23,25,27). The van der Waals surface area contributed by atoms with E-state index in [0.717, 1.165) is 16.8 Å². The SMILES string of the molecule is O=C(CSc1nc(-c2ccccc2)cc(=O)[nH]1)Nc1nc(-c2ccccc2)cs1. The highest BCUT2D eigenvalue weighted by atomic mass is 32.2. The van der Waals surface area contributed by atoms with E-state index >= 15 is 0 Å². The van der Waals surface area contributed by atoms with Gasteiger partial charge in [0.05, 0.1) is 17.1 Å². The van der Waals surface area contributed by atoms with Crippen molar-refractivity contribution in [2.24, 2.45) is 0 Å². The number of aromatic amines is 1. The second-order valence-corrected chi connectivity index (χ2v) is 7.86. The highest BCUT2D eigenvalue weighted by Gasteiger charge is 2.10. The molecule has 8 heteroatoms. The van der Waals surface area contributed by atoms with Crippen LogP contribution in [-0.2, 0) is 4.79 Å². The van der Waals surface area contributed by atoms with Crippen LogP contribution in [0.2, 0.25) is 0 Å². The molecular formula is C21H16N4O2S2. The Bertz CT molecular complexity index is 1170. The maximum atomic E-state index is 12.3. The van der Waals surface area contributed by atoms with Crippen molar-refractivity contribution in [1.82, 2.24) is 15.0 Å². The van der Waals surface area contributed by atoms with Gasteiger partial charge in [-0.25, -0.2) is 9.97 Å². The molecule has 2 aromatic heterocycles. The lowest BCUT2D eigenvalue weighted by Crippen LogP contribution is -2.15. The van der Waals surface area contributed by atoms with E-state index in [1.807, 2.05) is 66.0 Å². The molecule has 0 spiro atoms. The molecule has 0 aliphatic carbocycles. The van der Waals surface area contributed by atoms with E-state index in [2.05, 4.69) is 20.3 Å². The van der Waals surface area contributed by atoms with Gasteiger partial charge in [-0.2, -0.15) is 0 Å². The van der Waals surface area contributed by atoms with Crippen molar-refractivity contribution in [3.05, 3.63) is 82.5 Å². The first-order valence-electron chi connectivity index (χ1n) is 8.78. The maximum absolute atomic E-state index is 12.3. The number of benzene rings is 2. The molecule has 0 aliphatic heterocycles. The Labute approximate surface area is 175 Å². The van der Waals surface area contributed by atoms with Gasteiger partial charge in [-0.3, -0.25) is 9.59 Å². The van der Waals surface area contributed by atoms with Crippen LogP contribution in [-0.4, -0.2) is 26.6 Å². The molecule has 0 fully saturated rings. The summed E-state index contributed by atoms with van der Waals surface area (Å²) in [6.07, 6.45) is 0. The number of aromatic nitrogens is 3.